The lowest BCUT2D eigenvalue weighted by Crippen LogP contribution is -2.51. The normalized spacial score (nSPS) is 17.3. The van der Waals surface area contributed by atoms with Crippen molar-refractivity contribution >= 4 is 12.0 Å². The van der Waals surface area contributed by atoms with E-state index in [0.29, 0.717) is 24.4 Å². The fourth-order valence-electron chi connectivity index (χ4n) is 3.00. The van der Waals surface area contributed by atoms with E-state index < -0.39 is 0 Å². The number of carbonyl (C=O) groups excluding carboxylic acids is 2. The van der Waals surface area contributed by atoms with Gasteiger partial charge in [-0.25, -0.2) is 9.59 Å². The number of urea groups is 1. The van der Waals surface area contributed by atoms with Gasteiger partial charge in [-0.2, -0.15) is 0 Å². The van der Waals surface area contributed by atoms with E-state index in [9.17, 15) is 9.59 Å². The standard InChI is InChI=1S/C19H27N3O3/c1-4-11-22(12-15-9-7-6-8-10-15)13-16-17(18(23)25-5-2)14(3)20-19(24)21-16/h6-10,14H,4-5,11-13H2,1-3H3,(H2,20,21,24). The van der Waals surface area contributed by atoms with E-state index in [1.807, 2.05) is 18.2 Å². The van der Waals surface area contributed by atoms with Gasteiger partial charge in [0, 0.05) is 18.8 Å². The van der Waals surface area contributed by atoms with E-state index in [2.05, 4.69) is 34.6 Å². The smallest absolute Gasteiger partial charge is 0.337 e. The molecular formula is C19H27N3O3. The molecule has 0 fully saturated rings. The van der Waals surface area contributed by atoms with Crippen molar-refractivity contribution in [3.63, 3.8) is 0 Å². The first-order chi connectivity index (χ1) is 12.0. The number of rotatable bonds is 8. The highest BCUT2D eigenvalue weighted by atomic mass is 16.5. The first-order valence-corrected chi connectivity index (χ1v) is 8.79. The molecular weight excluding hydrogens is 318 g/mol. The third-order valence-corrected chi connectivity index (χ3v) is 4.04. The van der Waals surface area contributed by atoms with Crippen LogP contribution in [0.1, 0.15) is 32.8 Å². The molecule has 1 aromatic rings. The molecule has 2 N–H and O–H groups in total. The third kappa shape index (κ3) is 5.32. The molecule has 0 radical (unpaired) electrons. The lowest BCUT2D eigenvalue weighted by Gasteiger charge is -2.30. The highest BCUT2D eigenvalue weighted by molar-refractivity contribution is 5.94. The molecule has 0 spiro atoms. The third-order valence-electron chi connectivity index (χ3n) is 4.04. The van der Waals surface area contributed by atoms with Crippen LogP contribution in [0.25, 0.3) is 0 Å². The number of nitrogens with zero attached hydrogens (tertiary/aromatic N) is 1. The van der Waals surface area contributed by atoms with Crippen LogP contribution >= 0.6 is 0 Å². The van der Waals surface area contributed by atoms with Crippen LogP contribution in [0.4, 0.5) is 4.79 Å². The van der Waals surface area contributed by atoms with Crippen LogP contribution in [0, 0.1) is 0 Å². The number of amides is 2. The van der Waals surface area contributed by atoms with Gasteiger partial charge in [0.2, 0.25) is 0 Å². The predicted molar refractivity (Wildman–Crippen MR) is 96.8 cm³/mol. The van der Waals surface area contributed by atoms with Gasteiger partial charge in [0.1, 0.15) is 0 Å². The molecule has 136 valence electrons. The quantitative estimate of drug-likeness (QED) is 0.710. The SMILES string of the molecule is CCCN(CC1=C(C(=O)OCC)C(C)NC(=O)N1)Cc1ccccc1. The van der Waals surface area contributed by atoms with Crippen LogP contribution in [0.5, 0.6) is 0 Å². The average Bonchev–Trinajstić information content (AvgIpc) is 2.55. The summed E-state index contributed by atoms with van der Waals surface area (Å²) in [4.78, 5) is 26.4. The van der Waals surface area contributed by atoms with Gasteiger partial charge in [0.25, 0.3) is 0 Å². The molecule has 2 amide bonds. The highest BCUT2D eigenvalue weighted by Gasteiger charge is 2.30. The van der Waals surface area contributed by atoms with Gasteiger partial charge in [-0.3, -0.25) is 4.90 Å². The second kappa shape index (κ2) is 9.22. The summed E-state index contributed by atoms with van der Waals surface area (Å²) in [7, 11) is 0. The molecule has 1 atom stereocenters. The molecule has 25 heavy (non-hydrogen) atoms. The largest absolute Gasteiger partial charge is 0.463 e. The van der Waals surface area contributed by atoms with Crippen LogP contribution in [0.3, 0.4) is 0 Å². The second-order valence-corrected chi connectivity index (χ2v) is 6.13. The molecule has 6 heteroatoms. The highest BCUT2D eigenvalue weighted by Crippen LogP contribution is 2.17. The maximum Gasteiger partial charge on any atom is 0.337 e. The Morgan fingerprint density at radius 3 is 2.56 bits per heavy atom. The molecule has 2 rings (SSSR count). The van der Waals surface area contributed by atoms with Crippen molar-refractivity contribution in [3.05, 3.63) is 47.2 Å². The minimum atomic E-state index is -0.381. The summed E-state index contributed by atoms with van der Waals surface area (Å²) in [5, 5.41) is 5.52. The van der Waals surface area contributed by atoms with Crippen molar-refractivity contribution in [2.45, 2.75) is 39.8 Å². The topological polar surface area (TPSA) is 70.7 Å². The summed E-state index contributed by atoms with van der Waals surface area (Å²) in [6.45, 7) is 8.11. The Labute approximate surface area is 149 Å². The monoisotopic (exact) mass is 345 g/mol. The fourth-order valence-corrected chi connectivity index (χ4v) is 3.00. The van der Waals surface area contributed by atoms with Crippen LogP contribution in [0.2, 0.25) is 0 Å². The number of nitrogens with one attached hydrogen (secondary N) is 2. The molecule has 0 aromatic heterocycles. The van der Waals surface area contributed by atoms with Gasteiger partial charge in [0.05, 0.1) is 18.2 Å². The molecule has 1 unspecified atom stereocenters. The van der Waals surface area contributed by atoms with Gasteiger partial charge < -0.3 is 15.4 Å². The number of hydrogen-bond donors (Lipinski definition) is 2. The Morgan fingerprint density at radius 2 is 1.92 bits per heavy atom. The molecule has 0 saturated heterocycles. The molecule has 1 aromatic carbocycles. The van der Waals surface area contributed by atoms with E-state index in [-0.39, 0.29) is 18.0 Å². The average molecular weight is 345 g/mol. The summed E-state index contributed by atoms with van der Waals surface area (Å²) in [5.41, 5.74) is 2.32. The zero-order valence-corrected chi connectivity index (χ0v) is 15.2. The zero-order valence-electron chi connectivity index (χ0n) is 15.2. The van der Waals surface area contributed by atoms with Gasteiger partial charge >= 0.3 is 12.0 Å². The van der Waals surface area contributed by atoms with Crippen molar-refractivity contribution in [1.82, 2.24) is 15.5 Å². The van der Waals surface area contributed by atoms with Crippen molar-refractivity contribution in [3.8, 4) is 0 Å². The molecule has 1 aliphatic heterocycles. The Hall–Kier alpha value is -2.34. The fraction of sp³-hybridized carbons (Fsp3) is 0.474. The van der Waals surface area contributed by atoms with Gasteiger partial charge in [-0.15, -0.1) is 0 Å². The summed E-state index contributed by atoms with van der Waals surface area (Å²) in [6.07, 6.45) is 0.983. The molecule has 6 nitrogen and oxygen atoms in total. The Morgan fingerprint density at radius 1 is 1.20 bits per heavy atom. The van der Waals surface area contributed by atoms with Crippen molar-refractivity contribution in [2.24, 2.45) is 0 Å². The lowest BCUT2D eigenvalue weighted by atomic mass is 10.0. The van der Waals surface area contributed by atoms with Crippen LogP contribution in [0.15, 0.2) is 41.6 Å². The summed E-state index contributed by atoms with van der Waals surface area (Å²) >= 11 is 0. The van der Waals surface area contributed by atoms with Gasteiger partial charge in [-0.1, -0.05) is 37.3 Å². The van der Waals surface area contributed by atoms with Crippen molar-refractivity contribution in [1.29, 1.82) is 0 Å². The van der Waals surface area contributed by atoms with E-state index in [1.54, 1.807) is 13.8 Å². The Balaban J connectivity index is 2.24. The maximum absolute atomic E-state index is 12.3. The molecule has 1 heterocycles. The maximum atomic E-state index is 12.3. The Kier molecular flexibility index (Phi) is 7.01. The zero-order chi connectivity index (χ0) is 18.2. The van der Waals surface area contributed by atoms with Crippen LogP contribution in [-0.2, 0) is 16.1 Å². The number of benzene rings is 1. The van der Waals surface area contributed by atoms with E-state index >= 15 is 0 Å². The summed E-state index contributed by atoms with van der Waals surface area (Å²) < 4.78 is 5.17. The van der Waals surface area contributed by atoms with Crippen LogP contribution < -0.4 is 10.6 Å². The first-order valence-electron chi connectivity index (χ1n) is 8.79. The molecule has 0 bridgehead atoms. The summed E-state index contributed by atoms with van der Waals surface area (Å²) in [5.74, 6) is -0.381. The lowest BCUT2D eigenvalue weighted by molar-refractivity contribution is -0.139. The number of esters is 1. The molecule has 1 aliphatic rings. The predicted octanol–water partition coefficient (Wildman–Crippen LogP) is 2.42. The number of carbonyl (C=O) groups is 2. The molecule has 0 aliphatic carbocycles. The van der Waals surface area contributed by atoms with Crippen molar-refractivity contribution in [2.75, 3.05) is 19.7 Å². The summed E-state index contributed by atoms with van der Waals surface area (Å²) in [6, 6.07) is 9.51. The first kappa shape index (κ1) is 19.0. The van der Waals surface area contributed by atoms with Crippen LogP contribution in [-0.4, -0.2) is 42.6 Å². The van der Waals surface area contributed by atoms with Gasteiger partial charge in [0.15, 0.2) is 0 Å². The second-order valence-electron chi connectivity index (χ2n) is 6.13. The van der Waals surface area contributed by atoms with Gasteiger partial charge in [-0.05, 0) is 32.4 Å². The molecule has 0 saturated carbocycles. The minimum absolute atomic E-state index is 0.285. The van der Waals surface area contributed by atoms with E-state index in [0.717, 1.165) is 19.5 Å². The minimum Gasteiger partial charge on any atom is -0.463 e. The number of ether oxygens (including phenoxy) is 1. The Bertz CT molecular complexity index is 628. The van der Waals surface area contributed by atoms with E-state index in [1.165, 1.54) is 5.56 Å². The van der Waals surface area contributed by atoms with Crippen molar-refractivity contribution < 1.29 is 14.3 Å². The number of hydrogen-bond acceptors (Lipinski definition) is 4. The van der Waals surface area contributed by atoms with E-state index in [4.69, 9.17) is 4.74 Å².